The number of carbonyl (C=O) groups is 1. The van der Waals surface area contributed by atoms with E-state index in [-0.39, 0.29) is 18.4 Å². The van der Waals surface area contributed by atoms with Crippen LogP contribution in [0.2, 0.25) is 0 Å². The zero-order chi connectivity index (χ0) is 14.5. The molecule has 20 heavy (non-hydrogen) atoms. The lowest BCUT2D eigenvalue weighted by Crippen LogP contribution is -2.19. The van der Waals surface area contributed by atoms with Crippen LogP contribution in [0.15, 0.2) is 36.7 Å². The summed E-state index contributed by atoms with van der Waals surface area (Å²) in [5.41, 5.74) is 6.53. The van der Waals surface area contributed by atoms with Gasteiger partial charge in [-0.05, 0) is 25.0 Å². The predicted octanol–water partition coefficient (Wildman–Crippen LogP) is 1.55. The van der Waals surface area contributed by atoms with Gasteiger partial charge in [0.15, 0.2) is 0 Å². The van der Waals surface area contributed by atoms with E-state index in [1.165, 1.54) is 10.7 Å². The van der Waals surface area contributed by atoms with E-state index in [9.17, 15) is 9.18 Å². The van der Waals surface area contributed by atoms with E-state index in [1.807, 2.05) is 13.0 Å². The van der Waals surface area contributed by atoms with Gasteiger partial charge in [-0.3, -0.25) is 9.48 Å². The van der Waals surface area contributed by atoms with Crippen molar-refractivity contribution < 1.29 is 9.18 Å². The minimum absolute atomic E-state index is 0.0399. The first-order valence-electron chi connectivity index (χ1n) is 6.35. The molecule has 0 spiro atoms. The summed E-state index contributed by atoms with van der Waals surface area (Å²) in [6.07, 6.45) is 3.87. The number of benzene rings is 1. The van der Waals surface area contributed by atoms with E-state index in [1.54, 1.807) is 24.5 Å². The van der Waals surface area contributed by atoms with E-state index in [4.69, 9.17) is 5.73 Å². The monoisotopic (exact) mass is 276 g/mol. The number of nitrogens with zero attached hydrogens (tertiary/aromatic N) is 2. The number of amides is 1. The van der Waals surface area contributed by atoms with E-state index in [0.29, 0.717) is 12.0 Å². The van der Waals surface area contributed by atoms with Crippen molar-refractivity contribution in [3.05, 3.63) is 48.0 Å². The topological polar surface area (TPSA) is 72.9 Å². The van der Waals surface area contributed by atoms with Crippen molar-refractivity contribution in [3.8, 4) is 0 Å². The second-order valence-corrected chi connectivity index (χ2v) is 4.73. The molecule has 6 heteroatoms. The predicted molar refractivity (Wildman–Crippen MR) is 74.6 cm³/mol. The van der Waals surface area contributed by atoms with Gasteiger partial charge in [0, 0.05) is 12.2 Å². The average Bonchev–Trinajstić information content (AvgIpc) is 2.78. The maximum atomic E-state index is 13.5. The van der Waals surface area contributed by atoms with Crippen molar-refractivity contribution >= 4 is 11.6 Å². The number of nitrogens with two attached hydrogens (primary N) is 1. The molecule has 1 aromatic carbocycles. The van der Waals surface area contributed by atoms with E-state index < -0.39 is 5.91 Å². The SMILES string of the molecule is CC(Cc1ccccc1F)Nc1cnn(CC(N)=O)c1. The molecule has 106 valence electrons. The van der Waals surface area contributed by atoms with Crippen LogP contribution in [0, 0.1) is 5.82 Å². The molecular weight excluding hydrogens is 259 g/mol. The van der Waals surface area contributed by atoms with Crippen LogP contribution in [-0.2, 0) is 17.8 Å². The standard InChI is InChI=1S/C14H17FN4O/c1-10(6-11-4-2-3-5-13(11)15)18-12-7-17-19(8-12)9-14(16)20/h2-5,7-8,10,18H,6,9H2,1H3,(H2,16,20). The lowest BCUT2D eigenvalue weighted by Gasteiger charge is -2.14. The Morgan fingerprint density at radius 3 is 2.95 bits per heavy atom. The van der Waals surface area contributed by atoms with Crippen molar-refractivity contribution in [1.29, 1.82) is 0 Å². The third kappa shape index (κ3) is 3.81. The lowest BCUT2D eigenvalue weighted by molar-refractivity contribution is -0.118. The fourth-order valence-electron chi connectivity index (χ4n) is 2.01. The highest BCUT2D eigenvalue weighted by Crippen LogP contribution is 2.13. The second-order valence-electron chi connectivity index (χ2n) is 4.73. The van der Waals surface area contributed by atoms with Gasteiger partial charge in [-0.2, -0.15) is 5.10 Å². The van der Waals surface area contributed by atoms with Crippen LogP contribution in [0.5, 0.6) is 0 Å². The molecule has 5 nitrogen and oxygen atoms in total. The number of nitrogens with one attached hydrogen (secondary N) is 1. The highest BCUT2D eigenvalue weighted by atomic mass is 19.1. The van der Waals surface area contributed by atoms with Crippen molar-refractivity contribution in [3.63, 3.8) is 0 Å². The molecule has 0 saturated carbocycles. The zero-order valence-corrected chi connectivity index (χ0v) is 11.2. The number of anilines is 1. The minimum Gasteiger partial charge on any atom is -0.380 e. The van der Waals surface area contributed by atoms with Crippen LogP contribution in [0.25, 0.3) is 0 Å². The molecule has 0 aliphatic heterocycles. The molecular formula is C14H17FN4O. The van der Waals surface area contributed by atoms with Gasteiger partial charge in [0.1, 0.15) is 12.4 Å². The number of carbonyl (C=O) groups excluding carboxylic acids is 1. The Morgan fingerprint density at radius 2 is 2.25 bits per heavy atom. The molecule has 1 atom stereocenters. The number of hydrogen-bond donors (Lipinski definition) is 2. The fourth-order valence-corrected chi connectivity index (χ4v) is 2.01. The third-order valence-corrected chi connectivity index (χ3v) is 2.85. The highest BCUT2D eigenvalue weighted by Gasteiger charge is 2.09. The summed E-state index contributed by atoms with van der Waals surface area (Å²) in [4.78, 5) is 10.8. The largest absolute Gasteiger partial charge is 0.380 e. The smallest absolute Gasteiger partial charge is 0.239 e. The maximum absolute atomic E-state index is 13.5. The van der Waals surface area contributed by atoms with Gasteiger partial charge in [-0.15, -0.1) is 0 Å². The molecule has 0 bridgehead atoms. The molecule has 3 N–H and O–H groups in total. The summed E-state index contributed by atoms with van der Waals surface area (Å²) in [6, 6.07) is 6.75. The van der Waals surface area contributed by atoms with Crippen LogP contribution < -0.4 is 11.1 Å². The molecule has 2 rings (SSSR count). The molecule has 0 saturated heterocycles. The van der Waals surface area contributed by atoms with E-state index in [2.05, 4.69) is 10.4 Å². The van der Waals surface area contributed by atoms with Crippen LogP contribution in [0.4, 0.5) is 10.1 Å². The summed E-state index contributed by atoms with van der Waals surface area (Å²) in [5.74, 6) is -0.648. The van der Waals surface area contributed by atoms with Crippen molar-refractivity contribution in [2.45, 2.75) is 25.9 Å². The molecule has 1 heterocycles. The Bertz CT molecular complexity index is 596. The molecule has 1 amide bonds. The van der Waals surface area contributed by atoms with Gasteiger partial charge in [0.25, 0.3) is 0 Å². The Labute approximate surface area is 116 Å². The van der Waals surface area contributed by atoms with Gasteiger partial charge in [0.2, 0.25) is 5.91 Å². The first-order valence-corrected chi connectivity index (χ1v) is 6.35. The number of aromatic nitrogens is 2. The molecule has 0 aliphatic carbocycles. The number of halogens is 1. The van der Waals surface area contributed by atoms with Gasteiger partial charge in [0.05, 0.1) is 11.9 Å². The van der Waals surface area contributed by atoms with Crippen molar-refractivity contribution in [2.24, 2.45) is 5.73 Å². The summed E-state index contributed by atoms with van der Waals surface area (Å²) in [6.45, 7) is 2.00. The number of hydrogen-bond acceptors (Lipinski definition) is 3. The van der Waals surface area contributed by atoms with Crippen molar-refractivity contribution in [1.82, 2.24) is 9.78 Å². The number of primary amides is 1. The Morgan fingerprint density at radius 1 is 1.50 bits per heavy atom. The first-order chi connectivity index (χ1) is 9.54. The second kappa shape index (κ2) is 6.18. The summed E-state index contributed by atoms with van der Waals surface area (Å²) in [5, 5.41) is 7.22. The normalized spacial score (nSPS) is 12.1. The quantitative estimate of drug-likeness (QED) is 0.840. The van der Waals surface area contributed by atoms with Crippen LogP contribution in [0.1, 0.15) is 12.5 Å². The summed E-state index contributed by atoms with van der Waals surface area (Å²) < 4.78 is 15.0. The van der Waals surface area contributed by atoms with Crippen LogP contribution >= 0.6 is 0 Å². The molecule has 0 aliphatic rings. The molecule has 0 radical (unpaired) electrons. The third-order valence-electron chi connectivity index (χ3n) is 2.85. The van der Waals surface area contributed by atoms with Crippen molar-refractivity contribution in [2.75, 3.05) is 5.32 Å². The first kappa shape index (κ1) is 14.0. The molecule has 1 unspecified atom stereocenters. The van der Waals surface area contributed by atoms with Gasteiger partial charge >= 0.3 is 0 Å². The highest BCUT2D eigenvalue weighted by molar-refractivity contribution is 5.73. The van der Waals surface area contributed by atoms with E-state index >= 15 is 0 Å². The summed E-state index contributed by atoms with van der Waals surface area (Å²) >= 11 is 0. The Balaban J connectivity index is 1.94. The van der Waals surface area contributed by atoms with E-state index in [0.717, 1.165) is 5.69 Å². The van der Waals surface area contributed by atoms with Gasteiger partial charge < -0.3 is 11.1 Å². The lowest BCUT2D eigenvalue weighted by atomic mass is 10.1. The maximum Gasteiger partial charge on any atom is 0.239 e. The van der Waals surface area contributed by atoms with Crippen LogP contribution in [-0.4, -0.2) is 21.7 Å². The molecule has 2 aromatic rings. The minimum atomic E-state index is -0.445. The van der Waals surface area contributed by atoms with Crippen LogP contribution in [0.3, 0.4) is 0 Å². The zero-order valence-electron chi connectivity index (χ0n) is 11.2. The summed E-state index contributed by atoms with van der Waals surface area (Å²) in [7, 11) is 0. The Kier molecular flexibility index (Phi) is 4.34. The Hall–Kier alpha value is -2.37. The molecule has 0 fully saturated rings. The molecule has 1 aromatic heterocycles. The average molecular weight is 276 g/mol. The van der Waals surface area contributed by atoms with Gasteiger partial charge in [-0.1, -0.05) is 18.2 Å². The fraction of sp³-hybridized carbons (Fsp3) is 0.286. The number of rotatable bonds is 6. The van der Waals surface area contributed by atoms with Gasteiger partial charge in [-0.25, -0.2) is 4.39 Å².